The van der Waals surface area contributed by atoms with Gasteiger partial charge in [0.05, 0.1) is 12.1 Å². The minimum Gasteiger partial charge on any atom is -0.487 e. The molecule has 2 aromatic rings. The van der Waals surface area contributed by atoms with Crippen molar-refractivity contribution in [3.8, 4) is 17.6 Å². The van der Waals surface area contributed by atoms with E-state index >= 15 is 0 Å². The van der Waals surface area contributed by atoms with Crippen LogP contribution in [0.25, 0.3) is 0 Å². The number of benzene rings is 2. The lowest BCUT2D eigenvalue weighted by atomic mass is 10.2. The molecule has 0 amide bonds. The van der Waals surface area contributed by atoms with Crippen molar-refractivity contribution in [3.05, 3.63) is 65.2 Å². The molecule has 0 aliphatic heterocycles. The maximum absolute atomic E-state index is 13.5. The predicted molar refractivity (Wildman–Crippen MR) is 73.1 cm³/mol. The van der Waals surface area contributed by atoms with Crippen LogP contribution in [-0.2, 0) is 6.61 Å². The third-order valence-corrected chi connectivity index (χ3v) is 2.61. The Morgan fingerprint density at radius 3 is 2.65 bits per heavy atom. The van der Waals surface area contributed by atoms with E-state index in [-0.39, 0.29) is 19.0 Å². The summed E-state index contributed by atoms with van der Waals surface area (Å²) in [5.74, 6) is 5.01. The number of hydrogen-bond donors (Lipinski definition) is 1. The zero-order valence-electron chi connectivity index (χ0n) is 10.7. The summed E-state index contributed by atoms with van der Waals surface area (Å²) in [6, 6.07) is 10.3. The maximum atomic E-state index is 13.5. The molecule has 102 valence electrons. The molecular weight excluding hydrogens is 260 g/mol. The van der Waals surface area contributed by atoms with Crippen LogP contribution in [0.15, 0.2) is 42.5 Å². The highest BCUT2D eigenvalue weighted by Crippen LogP contribution is 2.20. The molecule has 0 radical (unpaired) electrons. The van der Waals surface area contributed by atoms with Crippen LogP contribution in [0.2, 0.25) is 0 Å². The van der Waals surface area contributed by atoms with Crippen molar-refractivity contribution >= 4 is 0 Å². The molecule has 2 N–H and O–H groups in total. The lowest BCUT2D eigenvalue weighted by Gasteiger charge is -2.09. The van der Waals surface area contributed by atoms with Gasteiger partial charge in [0.2, 0.25) is 0 Å². The summed E-state index contributed by atoms with van der Waals surface area (Å²) in [5.41, 5.74) is 6.11. The third-order valence-electron chi connectivity index (χ3n) is 2.61. The first kappa shape index (κ1) is 14.0. The van der Waals surface area contributed by atoms with Gasteiger partial charge in [-0.25, -0.2) is 8.78 Å². The van der Waals surface area contributed by atoms with E-state index < -0.39 is 5.82 Å². The number of halogens is 2. The number of ether oxygens (including phenoxy) is 1. The molecule has 0 aliphatic rings. The lowest BCUT2D eigenvalue weighted by molar-refractivity contribution is 0.298. The Kier molecular flexibility index (Phi) is 4.70. The van der Waals surface area contributed by atoms with E-state index in [0.717, 1.165) is 0 Å². The molecule has 2 nitrogen and oxygen atoms in total. The van der Waals surface area contributed by atoms with Crippen LogP contribution in [0, 0.1) is 23.5 Å². The fourth-order valence-electron chi connectivity index (χ4n) is 1.64. The van der Waals surface area contributed by atoms with Gasteiger partial charge in [-0.15, -0.1) is 0 Å². The first-order valence-corrected chi connectivity index (χ1v) is 6.05. The smallest absolute Gasteiger partial charge is 0.135 e. The molecule has 0 fully saturated rings. The summed E-state index contributed by atoms with van der Waals surface area (Å²) < 4.78 is 32.2. The van der Waals surface area contributed by atoms with E-state index in [1.54, 1.807) is 18.2 Å². The van der Waals surface area contributed by atoms with Gasteiger partial charge in [0.25, 0.3) is 0 Å². The molecule has 0 aliphatic carbocycles. The van der Waals surface area contributed by atoms with Crippen LogP contribution >= 0.6 is 0 Å². The SMILES string of the molecule is NCC#Cc1cc(F)ccc1OCc1ccccc1F. The van der Waals surface area contributed by atoms with E-state index in [2.05, 4.69) is 11.8 Å². The zero-order chi connectivity index (χ0) is 14.4. The fraction of sp³-hybridized carbons (Fsp3) is 0.125. The van der Waals surface area contributed by atoms with Crippen LogP contribution in [0.5, 0.6) is 5.75 Å². The van der Waals surface area contributed by atoms with E-state index in [0.29, 0.717) is 16.9 Å². The van der Waals surface area contributed by atoms with E-state index in [9.17, 15) is 8.78 Å². The normalized spacial score (nSPS) is 9.75. The molecule has 4 heteroatoms. The van der Waals surface area contributed by atoms with E-state index in [4.69, 9.17) is 10.5 Å². The molecule has 0 spiro atoms. The number of nitrogens with two attached hydrogens (primary N) is 1. The van der Waals surface area contributed by atoms with Gasteiger partial charge in [-0.1, -0.05) is 30.0 Å². The Balaban J connectivity index is 2.19. The largest absolute Gasteiger partial charge is 0.487 e. The van der Waals surface area contributed by atoms with Gasteiger partial charge in [0.15, 0.2) is 0 Å². The first-order chi connectivity index (χ1) is 9.70. The molecule has 0 saturated carbocycles. The molecule has 0 aromatic heterocycles. The second-order valence-corrected chi connectivity index (χ2v) is 4.03. The molecule has 0 unspecified atom stereocenters. The quantitative estimate of drug-likeness (QED) is 0.873. The molecule has 0 saturated heterocycles. The van der Waals surface area contributed by atoms with Crippen molar-refractivity contribution in [3.63, 3.8) is 0 Å². The summed E-state index contributed by atoms with van der Waals surface area (Å²) in [6.07, 6.45) is 0. The minimum atomic E-state index is -0.412. The van der Waals surface area contributed by atoms with Crippen molar-refractivity contribution in [2.45, 2.75) is 6.61 Å². The van der Waals surface area contributed by atoms with Gasteiger partial charge in [0.1, 0.15) is 24.0 Å². The Bertz CT molecular complexity index is 659. The minimum absolute atomic E-state index is 0.0512. The Labute approximate surface area is 116 Å². The second kappa shape index (κ2) is 6.69. The molecule has 0 bridgehead atoms. The molecule has 2 rings (SSSR count). The first-order valence-electron chi connectivity index (χ1n) is 6.05. The van der Waals surface area contributed by atoms with Crippen LogP contribution in [0.3, 0.4) is 0 Å². The second-order valence-electron chi connectivity index (χ2n) is 4.03. The van der Waals surface area contributed by atoms with Gasteiger partial charge >= 0.3 is 0 Å². The van der Waals surface area contributed by atoms with Gasteiger partial charge in [-0.3, -0.25) is 0 Å². The molecule has 20 heavy (non-hydrogen) atoms. The maximum Gasteiger partial charge on any atom is 0.135 e. The van der Waals surface area contributed by atoms with E-state index in [1.165, 1.54) is 24.3 Å². The van der Waals surface area contributed by atoms with E-state index in [1.807, 2.05) is 0 Å². The zero-order valence-corrected chi connectivity index (χ0v) is 10.7. The lowest BCUT2D eigenvalue weighted by Crippen LogP contribution is -2.00. The number of hydrogen-bond acceptors (Lipinski definition) is 2. The van der Waals surface area contributed by atoms with Crippen molar-refractivity contribution in [1.29, 1.82) is 0 Å². The molecular formula is C16H13F2NO. The average Bonchev–Trinajstić information content (AvgIpc) is 2.45. The predicted octanol–water partition coefficient (Wildman–Crippen LogP) is 2.85. The molecule has 0 atom stereocenters. The Hall–Kier alpha value is -2.38. The fourth-order valence-corrected chi connectivity index (χ4v) is 1.64. The van der Waals surface area contributed by atoms with Crippen LogP contribution < -0.4 is 10.5 Å². The average molecular weight is 273 g/mol. The van der Waals surface area contributed by atoms with Crippen LogP contribution in [0.1, 0.15) is 11.1 Å². The Morgan fingerprint density at radius 1 is 1.10 bits per heavy atom. The number of rotatable bonds is 3. The van der Waals surface area contributed by atoms with Gasteiger partial charge in [-0.2, -0.15) is 0 Å². The molecule has 2 aromatic carbocycles. The van der Waals surface area contributed by atoms with Crippen molar-refractivity contribution in [2.24, 2.45) is 5.73 Å². The highest BCUT2D eigenvalue weighted by molar-refractivity contribution is 5.46. The van der Waals surface area contributed by atoms with Crippen molar-refractivity contribution in [1.82, 2.24) is 0 Å². The van der Waals surface area contributed by atoms with Crippen molar-refractivity contribution in [2.75, 3.05) is 6.54 Å². The van der Waals surface area contributed by atoms with Gasteiger partial charge in [0, 0.05) is 5.56 Å². The Morgan fingerprint density at radius 2 is 1.90 bits per heavy atom. The molecule has 0 heterocycles. The van der Waals surface area contributed by atoms with Gasteiger partial charge < -0.3 is 10.5 Å². The highest BCUT2D eigenvalue weighted by Gasteiger charge is 2.06. The highest BCUT2D eigenvalue weighted by atomic mass is 19.1. The standard InChI is InChI=1S/C16H13F2NO/c17-14-7-8-16(12(10-14)5-3-9-19)20-11-13-4-1-2-6-15(13)18/h1-2,4,6-8,10H,9,11,19H2. The monoisotopic (exact) mass is 273 g/mol. The topological polar surface area (TPSA) is 35.2 Å². The van der Waals surface area contributed by atoms with Crippen molar-refractivity contribution < 1.29 is 13.5 Å². The summed E-state index contributed by atoms with van der Waals surface area (Å²) >= 11 is 0. The van der Waals surface area contributed by atoms with Gasteiger partial charge in [-0.05, 0) is 24.3 Å². The third kappa shape index (κ3) is 3.56. The summed E-state index contributed by atoms with van der Waals surface area (Å²) in [5, 5.41) is 0. The van der Waals surface area contributed by atoms with Crippen LogP contribution in [0.4, 0.5) is 8.78 Å². The summed E-state index contributed by atoms with van der Waals surface area (Å²) in [7, 11) is 0. The summed E-state index contributed by atoms with van der Waals surface area (Å²) in [4.78, 5) is 0. The van der Waals surface area contributed by atoms with Crippen LogP contribution in [-0.4, -0.2) is 6.54 Å². The summed E-state index contributed by atoms with van der Waals surface area (Å²) in [6.45, 7) is 0.221.